The van der Waals surface area contributed by atoms with Gasteiger partial charge in [0.1, 0.15) is 5.82 Å². The van der Waals surface area contributed by atoms with Crippen molar-refractivity contribution in [1.82, 2.24) is 9.55 Å². The van der Waals surface area contributed by atoms with E-state index in [0.717, 1.165) is 29.3 Å². The van der Waals surface area contributed by atoms with Gasteiger partial charge in [-0.05, 0) is 38.3 Å². The molecule has 1 fully saturated rings. The first kappa shape index (κ1) is 11.4. The Bertz CT molecular complexity index is 669. The number of hydrogen-bond acceptors (Lipinski definition) is 3. The average molecular weight is 243 g/mol. The maximum absolute atomic E-state index is 12.6. The Morgan fingerprint density at radius 3 is 2.78 bits per heavy atom. The van der Waals surface area contributed by atoms with E-state index in [2.05, 4.69) is 4.98 Å². The number of nitrogens with zero attached hydrogens (tertiary/aromatic N) is 2. The van der Waals surface area contributed by atoms with Crippen molar-refractivity contribution in [2.24, 2.45) is 5.73 Å². The number of benzene rings is 1. The van der Waals surface area contributed by atoms with Crippen molar-refractivity contribution in [1.29, 1.82) is 0 Å². The highest BCUT2D eigenvalue weighted by molar-refractivity contribution is 5.81. The van der Waals surface area contributed by atoms with Gasteiger partial charge in [0.05, 0.1) is 16.9 Å². The molecule has 18 heavy (non-hydrogen) atoms. The van der Waals surface area contributed by atoms with Crippen LogP contribution in [0.3, 0.4) is 0 Å². The van der Waals surface area contributed by atoms with Crippen LogP contribution in [0, 0.1) is 6.92 Å². The van der Waals surface area contributed by atoms with E-state index in [0.29, 0.717) is 11.9 Å². The normalized spacial score (nSPS) is 17.1. The molecule has 1 saturated carbocycles. The summed E-state index contributed by atoms with van der Waals surface area (Å²) < 4.78 is 1.81. The van der Waals surface area contributed by atoms with E-state index < -0.39 is 0 Å². The second-order valence-corrected chi connectivity index (χ2v) is 5.13. The zero-order valence-corrected chi connectivity index (χ0v) is 10.7. The van der Waals surface area contributed by atoms with Crippen molar-refractivity contribution in [3.05, 3.63) is 39.9 Å². The molecule has 1 aliphatic rings. The van der Waals surface area contributed by atoms with Crippen LogP contribution in [0.1, 0.15) is 43.2 Å². The van der Waals surface area contributed by atoms with Gasteiger partial charge < -0.3 is 5.73 Å². The molecule has 4 heteroatoms. The predicted molar refractivity (Wildman–Crippen MR) is 71.6 cm³/mol. The van der Waals surface area contributed by atoms with Crippen LogP contribution in [0.25, 0.3) is 10.9 Å². The molecule has 4 nitrogen and oxygen atoms in total. The van der Waals surface area contributed by atoms with Gasteiger partial charge in [-0.1, -0.05) is 12.1 Å². The third-order valence-corrected chi connectivity index (χ3v) is 3.48. The summed E-state index contributed by atoms with van der Waals surface area (Å²) in [4.78, 5) is 17.2. The van der Waals surface area contributed by atoms with Crippen molar-refractivity contribution in [2.75, 3.05) is 0 Å². The van der Waals surface area contributed by atoms with Gasteiger partial charge in [-0.3, -0.25) is 9.36 Å². The topological polar surface area (TPSA) is 60.9 Å². The van der Waals surface area contributed by atoms with Gasteiger partial charge in [-0.25, -0.2) is 4.98 Å². The lowest BCUT2D eigenvalue weighted by Crippen LogP contribution is -2.28. The van der Waals surface area contributed by atoms with Crippen LogP contribution in [0.15, 0.2) is 23.0 Å². The van der Waals surface area contributed by atoms with Crippen LogP contribution in [0.5, 0.6) is 0 Å². The van der Waals surface area contributed by atoms with Gasteiger partial charge in [0, 0.05) is 6.04 Å². The molecule has 2 aromatic rings. The quantitative estimate of drug-likeness (QED) is 0.878. The predicted octanol–water partition coefficient (Wildman–Crippen LogP) is 2.06. The number of rotatable bonds is 2. The van der Waals surface area contributed by atoms with E-state index in [9.17, 15) is 4.79 Å². The lowest BCUT2D eigenvalue weighted by Gasteiger charge is -2.15. The minimum absolute atomic E-state index is 0.0629. The fourth-order valence-corrected chi connectivity index (χ4v) is 2.43. The van der Waals surface area contributed by atoms with Crippen LogP contribution in [-0.4, -0.2) is 9.55 Å². The summed E-state index contributed by atoms with van der Waals surface area (Å²) >= 11 is 0. The molecule has 2 N–H and O–H groups in total. The molecule has 1 atom stereocenters. The number of aromatic nitrogens is 2. The molecule has 1 aromatic heterocycles. The number of fused-ring (bicyclic) bond motifs is 1. The van der Waals surface area contributed by atoms with Crippen LogP contribution >= 0.6 is 0 Å². The molecule has 0 saturated heterocycles. The second kappa shape index (κ2) is 3.92. The second-order valence-electron chi connectivity index (χ2n) is 5.13. The van der Waals surface area contributed by atoms with Crippen molar-refractivity contribution in [2.45, 2.75) is 38.8 Å². The zero-order valence-electron chi connectivity index (χ0n) is 10.7. The van der Waals surface area contributed by atoms with Crippen LogP contribution in [0.2, 0.25) is 0 Å². The minimum atomic E-state index is -0.219. The van der Waals surface area contributed by atoms with E-state index in [1.54, 1.807) is 4.57 Å². The third-order valence-electron chi connectivity index (χ3n) is 3.48. The Morgan fingerprint density at radius 1 is 1.44 bits per heavy atom. The van der Waals surface area contributed by atoms with E-state index in [4.69, 9.17) is 5.73 Å². The lowest BCUT2D eigenvalue weighted by atomic mass is 10.1. The molecule has 0 spiro atoms. The van der Waals surface area contributed by atoms with E-state index in [1.807, 2.05) is 32.0 Å². The Balaban J connectivity index is 2.42. The first-order valence-electron chi connectivity index (χ1n) is 6.37. The molecule has 0 radical (unpaired) electrons. The molecule has 1 aromatic carbocycles. The molecule has 0 bridgehead atoms. The van der Waals surface area contributed by atoms with Crippen molar-refractivity contribution < 1.29 is 0 Å². The van der Waals surface area contributed by atoms with Gasteiger partial charge in [0.2, 0.25) is 0 Å². The lowest BCUT2D eigenvalue weighted by molar-refractivity contribution is 0.593. The molecular weight excluding hydrogens is 226 g/mol. The first-order chi connectivity index (χ1) is 8.59. The van der Waals surface area contributed by atoms with E-state index in [1.165, 1.54) is 0 Å². The minimum Gasteiger partial charge on any atom is -0.322 e. The molecule has 1 aliphatic carbocycles. The smallest absolute Gasteiger partial charge is 0.261 e. The molecule has 0 unspecified atom stereocenters. The number of nitrogens with two attached hydrogens (primary N) is 1. The molecular formula is C14H17N3O. The van der Waals surface area contributed by atoms with Gasteiger partial charge in [0.15, 0.2) is 0 Å². The Labute approximate surface area is 105 Å². The van der Waals surface area contributed by atoms with Crippen LogP contribution in [0.4, 0.5) is 0 Å². The maximum atomic E-state index is 12.6. The fourth-order valence-electron chi connectivity index (χ4n) is 2.43. The monoisotopic (exact) mass is 243 g/mol. The van der Waals surface area contributed by atoms with Crippen molar-refractivity contribution >= 4 is 10.9 Å². The van der Waals surface area contributed by atoms with Gasteiger partial charge in [-0.2, -0.15) is 0 Å². The van der Waals surface area contributed by atoms with Crippen LogP contribution in [-0.2, 0) is 0 Å². The molecule has 3 rings (SSSR count). The summed E-state index contributed by atoms with van der Waals surface area (Å²) in [7, 11) is 0. The summed E-state index contributed by atoms with van der Waals surface area (Å²) in [5, 5.41) is 0.730. The third kappa shape index (κ3) is 1.64. The van der Waals surface area contributed by atoms with Gasteiger partial charge in [0.25, 0.3) is 5.56 Å². The number of hydrogen-bond donors (Lipinski definition) is 1. The van der Waals surface area contributed by atoms with E-state index in [-0.39, 0.29) is 11.6 Å². The fraction of sp³-hybridized carbons (Fsp3) is 0.429. The Kier molecular flexibility index (Phi) is 2.48. The largest absolute Gasteiger partial charge is 0.322 e. The first-order valence-corrected chi connectivity index (χ1v) is 6.37. The van der Waals surface area contributed by atoms with Crippen LogP contribution < -0.4 is 11.3 Å². The Morgan fingerprint density at radius 2 is 2.17 bits per heavy atom. The van der Waals surface area contributed by atoms with Gasteiger partial charge in [-0.15, -0.1) is 0 Å². The summed E-state index contributed by atoms with van der Waals surface area (Å²) in [5.74, 6) is 0.709. The highest BCUT2D eigenvalue weighted by atomic mass is 16.1. The Hall–Kier alpha value is -1.68. The highest BCUT2D eigenvalue weighted by Crippen LogP contribution is 2.35. The molecule has 0 aliphatic heterocycles. The highest BCUT2D eigenvalue weighted by Gasteiger charge is 2.29. The summed E-state index contributed by atoms with van der Waals surface area (Å²) in [5.41, 5.74) is 7.75. The molecule has 94 valence electrons. The standard InChI is InChI=1S/C14H17N3O/c1-8-4-3-5-11-12(8)14(18)17(10-6-7-10)13(16-11)9(2)15/h3-5,9-10H,6-7,15H2,1-2H3/t9-/m0/s1. The number of aryl methyl sites for hydroxylation is 1. The summed E-state index contributed by atoms with van der Waals surface area (Å²) in [6.45, 7) is 3.83. The average Bonchev–Trinajstić information content (AvgIpc) is 3.12. The SMILES string of the molecule is Cc1cccc2nc([C@H](C)N)n(C3CC3)c(=O)c12. The van der Waals surface area contributed by atoms with Crippen molar-refractivity contribution in [3.8, 4) is 0 Å². The van der Waals surface area contributed by atoms with E-state index >= 15 is 0 Å². The molecule has 0 amide bonds. The van der Waals surface area contributed by atoms with Crippen molar-refractivity contribution in [3.63, 3.8) is 0 Å². The summed E-state index contributed by atoms with van der Waals surface area (Å²) in [6, 6.07) is 5.84. The molecule has 1 heterocycles. The maximum Gasteiger partial charge on any atom is 0.261 e. The van der Waals surface area contributed by atoms with Gasteiger partial charge >= 0.3 is 0 Å². The summed E-state index contributed by atoms with van der Waals surface area (Å²) in [6.07, 6.45) is 2.11. The zero-order chi connectivity index (χ0) is 12.9.